The maximum atomic E-state index is 13.7. The van der Waals surface area contributed by atoms with Crippen LogP contribution in [0.15, 0.2) is 36.4 Å². The van der Waals surface area contributed by atoms with Crippen LogP contribution in [0, 0.1) is 12.7 Å². The lowest BCUT2D eigenvalue weighted by Gasteiger charge is -2.41. The number of hydrogen-bond donors (Lipinski definition) is 0. The van der Waals surface area contributed by atoms with E-state index in [1.165, 1.54) is 19.2 Å². The molecule has 1 saturated heterocycles. The molecule has 0 unspecified atom stereocenters. The number of alkyl halides is 6. The molecule has 192 valence electrons. The summed E-state index contributed by atoms with van der Waals surface area (Å²) in [5, 5.41) is 0.247. The van der Waals surface area contributed by atoms with Crippen LogP contribution in [0.5, 0.6) is 0 Å². The Morgan fingerprint density at radius 1 is 1.06 bits per heavy atom. The molecule has 11 heteroatoms. The highest BCUT2D eigenvalue weighted by molar-refractivity contribution is 7.99. The van der Waals surface area contributed by atoms with Gasteiger partial charge in [0, 0.05) is 25.4 Å². The molecule has 2 atom stereocenters. The fourth-order valence-electron chi connectivity index (χ4n) is 4.36. The van der Waals surface area contributed by atoms with Gasteiger partial charge in [-0.3, -0.25) is 0 Å². The molecule has 0 aromatic heterocycles. The fourth-order valence-corrected chi connectivity index (χ4v) is 5.07. The van der Waals surface area contributed by atoms with Gasteiger partial charge in [0.25, 0.3) is 0 Å². The third-order valence-electron chi connectivity index (χ3n) is 6.12. The van der Waals surface area contributed by atoms with Crippen molar-refractivity contribution in [3.8, 4) is 0 Å². The number of carbonyl (C=O) groups is 1. The highest BCUT2D eigenvalue weighted by Crippen LogP contribution is 2.39. The van der Waals surface area contributed by atoms with Crippen molar-refractivity contribution in [2.75, 3.05) is 19.8 Å². The third-order valence-corrected chi connectivity index (χ3v) is 7.21. The smallest absolute Gasteiger partial charge is 0.323 e. The lowest BCUT2D eigenvalue weighted by Crippen LogP contribution is -2.47. The van der Waals surface area contributed by atoms with E-state index in [-0.39, 0.29) is 16.9 Å². The Bertz CT molecular complexity index is 1040. The SMILES string of the molecule is CS[C@H]1CCN(C(=O)N(C)Cc2cc(C(F)(F)F)cc(C(F)(F)F)c2)[C@@H](c2ccc(F)cc2C)C1. The van der Waals surface area contributed by atoms with Gasteiger partial charge < -0.3 is 9.80 Å². The molecule has 2 aromatic rings. The molecule has 0 saturated carbocycles. The van der Waals surface area contributed by atoms with E-state index in [2.05, 4.69) is 0 Å². The third kappa shape index (κ3) is 6.42. The summed E-state index contributed by atoms with van der Waals surface area (Å²) in [4.78, 5) is 16.0. The first-order valence-corrected chi connectivity index (χ1v) is 12.1. The topological polar surface area (TPSA) is 23.6 Å². The van der Waals surface area contributed by atoms with Crippen molar-refractivity contribution in [1.29, 1.82) is 0 Å². The number of amides is 2. The minimum Gasteiger partial charge on any atom is -0.323 e. The first-order valence-electron chi connectivity index (χ1n) is 10.8. The summed E-state index contributed by atoms with van der Waals surface area (Å²) in [5.74, 6) is -0.413. The molecule has 0 spiro atoms. The minimum absolute atomic E-state index is 0.0614. The van der Waals surface area contributed by atoms with Gasteiger partial charge in [-0.05, 0) is 73.0 Å². The number of thioether (sulfide) groups is 1. The number of piperidine rings is 1. The van der Waals surface area contributed by atoms with E-state index in [0.717, 1.165) is 10.5 Å². The van der Waals surface area contributed by atoms with Gasteiger partial charge in [0.2, 0.25) is 0 Å². The second-order valence-corrected chi connectivity index (χ2v) is 9.78. The summed E-state index contributed by atoms with van der Waals surface area (Å²) in [6, 6.07) is 4.67. The van der Waals surface area contributed by atoms with Gasteiger partial charge in [-0.25, -0.2) is 9.18 Å². The molecule has 3 nitrogen and oxygen atoms in total. The van der Waals surface area contributed by atoms with Crippen molar-refractivity contribution < 1.29 is 35.5 Å². The van der Waals surface area contributed by atoms with E-state index in [0.29, 0.717) is 37.1 Å². The maximum Gasteiger partial charge on any atom is 0.416 e. The predicted octanol–water partition coefficient (Wildman–Crippen LogP) is 7.29. The average molecular weight is 523 g/mol. The highest BCUT2D eigenvalue weighted by Gasteiger charge is 2.38. The van der Waals surface area contributed by atoms with Gasteiger partial charge >= 0.3 is 18.4 Å². The molecule has 3 rings (SSSR count). The van der Waals surface area contributed by atoms with Crippen LogP contribution in [0.3, 0.4) is 0 Å². The summed E-state index contributed by atoms with van der Waals surface area (Å²) in [6.45, 7) is 1.64. The Morgan fingerprint density at radius 3 is 2.17 bits per heavy atom. The molecule has 2 aromatic carbocycles. The van der Waals surface area contributed by atoms with Crippen LogP contribution in [0.1, 0.15) is 46.7 Å². The van der Waals surface area contributed by atoms with Crippen molar-refractivity contribution in [1.82, 2.24) is 9.80 Å². The largest absolute Gasteiger partial charge is 0.416 e. The van der Waals surface area contributed by atoms with Gasteiger partial charge in [-0.15, -0.1) is 0 Å². The summed E-state index contributed by atoms with van der Waals surface area (Å²) < 4.78 is 92.9. The zero-order valence-corrected chi connectivity index (χ0v) is 20.1. The van der Waals surface area contributed by atoms with Crippen molar-refractivity contribution in [3.05, 3.63) is 70.0 Å². The van der Waals surface area contributed by atoms with Crippen LogP contribution in [0.25, 0.3) is 0 Å². The molecule has 2 amide bonds. The molecule has 0 radical (unpaired) electrons. The van der Waals surface area contributed by atoms with Gasteiger partial charge in [0.05, 0.1) is 17.2 Å². The molecule has 1 aliphatic rings. The predicted molar refractivity (Wildman–Crippen MR) is 120 cm³/mol. The number of likely N-dealkylation sites (tertiary alicyclic amines) is 1. The summed E-state index contributed by atoms with van der Waals surface area (Å²) in [6.07, 6.45) is -6.71. The van der Waals surface area contributed by atoms with E-state index in [1.807, 2.05) is 6.26 Å². The number of nitrogens with zero attached hydrogens (tertiary/aromatic N) is 2. The Hall–Kier alpha value is -2.43. The first-order chi connectivity index (χ1) is 16.2. The monoisotopic (exact) mass is 522 g/mol. The minimum atomic E-state index is -4.97. The van der Waals surface area contributed by atoms with Gasteiger partial charge in [0.1, 0.15) is 5.82 Å². The zero-order chi connectivity index (χ0) is 26.1. The average Bonchev–Trinajstić information content (AvgIpc) is 2.77. The number of hydrogen-bond acceptors (Lipinski definition) is 2. The van der Waals surface area contributed by atoms with Gasteiger partial charge in [-0.2, -0.15) is 38.1 Å². The van der Waals surface area contributed by atoms with Crippen LogP contribution >= 0.6 is 11.8 Å². The Morgan fingerprint density at radius 2 is 1.66 bits per heavy atom. The van der Waals surface area contributed by atoms with Gasteiger partial charge in [-0.1, -0.05) is 6.07 Å². The van der Waals surface area contributed by atoms with E-state index in [1.54, 1.807) is 29.7 Å². The maximum absolute atomic E-state index is 13.7. The number of rotatable bonds is 4. The Balaban J connectivity index is 1.90. The fraction of sp³-hybridized carbons (Fsp3) is 0.458. The molecule has 1 aliphatic heterocycles. The van der Waals surface area contributed by atoms with Gasteiger partial charge in [0.15, 0.2) is 0 Å². The van der Waals surface area contributed by atoms with Crippen molar-refractivity contribution >= 4 is 17.8 Å². The van der Waals surface area contributed by atoms with Crippen molar-refractivity contribution in [2.45, 2.75) is 50.0 Å². The van der Waals surface area contributed by atoms with E-state index in [9.17, 15) is 35.5 Å². The van der Waals surface area contributed by atoms with Crippen LogP contribution in [0.4, 0.5) is 35.5 Å². The number of urea groups is 1. The quantitative estimate of drug-likeness (QED) is 0.394. The molecular weight excluding hydrogens is 497 g/mol. The normalized spacial score (nSPS) is 19.1. The van der Waals surface area contributed by atoms with Crippen LogP contribution in [-0.2, 0) is 18.9 Å². The van der Waals surface area contributed by atoms with Crippen LogP contribution in [0.2, 0.25) is 0 Å². The first kappa shape index (κ1) is 27.2. The van der Waals surface area contributed by atoms with E-state index >= 15 is 0 Å². The lowest BCUT2D eigenvalue weighted by molar-refractivity contribution is -0.143. The summed E-state index contributed by atoms with van der Waals surface area (Å²) in [7, 11) is 1.34. The Kier molecular flexibility index (Phi) is 7.98. The lowest BCUT2D eigenvalue weighted by atomic mass is 9.92. The Labute approximate surface area is 203 Å². The molecule has 0 bridgehead atoms. The molecule has 35 heavy (non-hydrogen) atoms. The number of halogens is 7. The summed E-state index contributed by atoms with van der Waals surface area (Å²) >= 11 is 1.65. The van der Waals surface area contributed by atoms with Crippen molar-refractivity contribution in [2.24, 2.45) is 0 Å². The zero-order valence-electron chi connectivity index (χ0n) is 19.3. The number of carbonyl (C=O) groups excluding carboxylic acids is 1. The van der Waals surface area contributed by atoms with E-state index in [4.69, 9.17) is 0 Å². The summed E-state index contributed by atoms with van der Waals surface area (Å²) in [5.41, 5.74) is -1.72. The molecule has 1 fully saturated rings. The second kappa shape index (κ2) is 10.3. The van der Waals surface area contributed by atoms with Crippen LogP contribution < -0.4 is 0 Å². The highest BCUT2D eigenvalue weighted by atomic mass is 32.2. The molecule has 1 heterocycles. The second-order valence-electron chi connectivity index (χ2n) is 8.64. The molecular formula is C24H25F7N2OS. The standard InChI is InChI=1S/C24H25F7N2OS/c1-14-8-18(25)4-5-20(14)21-12-19(35-3)6-7-33(21)22(34)32(2)13-15-9-16(23(26,27)28)11-17(10-15)24(29,30)31/h4-5,8-11,19,21H,6-7,12-13H2,1-3H3/t19-,21+/m0/s1. The van der Waals surface area contributed by atoms with E-state index < -0.39 is 47.9 Å². The number of benzene rings is 2. The number of aryl methyl sites for hydroxylation is 1. The van der Waals surface area contributed by atoms with Crippen LogP contribution in [-0.4, -0.2) is 40.9 Å². The molecule has 0 N–H and O–H groups in total. The molecule has 0 aliphatic carbocycles. The van der Waals surface area contributed by atoms with Crippen molar-refractivity contribution in [3.63, 3.8) is 0 Å².